The Morgan fingerprint density at radius 3 is 2.61 bits per heavy atom. The molecule has 18 heavy (non-hydrogen) atoms. The minimum absolute atomic E-state index is 0.230. The average molecular weight is 265 g/mol. The largest absolute Gasteiger partial charge is 0.477 e. The fourth-order valence-corrected chi connectivity index (χ4v) is 2.02. The van der Waals surface area contributed by atoms with Crippen LogP contribution in [0.25, 0.3) is 10.9 Å². The van der Waals surface area contributed by atoms with Gasteiger partial charge in [-0.3, -0.25) is 0 Å². The highest BCUT2D eigenvalue weighted by molar-refractivity contribution is 6.28. The third kappa shape index (κ3) is 2.91. The number of aromatic nitrogens is 2. The van der Waals surface area contributed by atoms with E-state index in [0.29, 0.717) is 18.4 Å². The van der Waals surface area contributed by atoms with Crippen LogP contribution in [0, 0.1) is 5.92 Å². The lowest BCUT2D eigenvalue weighted by Gasteiger charge is -2.14. The van der Waals surface area contributed by atoms with Crippen LogP contribution in [0.5, 0.6) is 5.88 Å². The second-order valence-electron chi connectivity index (χ2n) is 4.31. The van der Waals surface area contributed by atoms with E-state index in [1.807, 2.05) is 24.3 Å². The lowest BCUT2D eigenvalue weighted by atomic mass is 10.1. The highest BCUT2D eigenvalue weighted by Crippen LogP contribution is 2.24. The van der Waals surface area contributed by atoms with Crippen LogP contribution in [0.2, 0.25) is 5.28 Å². The van der Waals surface area contributed by atoms with Crippen LogP contribution in [-0.2, 0) is 0 Å². The molecule has 0 aliphatic carbocycles. The van der Waals surface area contributed by atoms with E-state index in [-0.39, 0.29) is 5.28 Å². The molecule has 0 spiro atoms. The van der Waals surface area contributed by atoms with E-state index in [0.717, 1.165) is 23.7 Å². The summed E-state index contributed by atoms with van der Waals surface area (Å²) in [6.07, 6.45) is 2.21. The van der Waals surface area contributed by atoms with Crippen molar-refractivity contribution in [1.29, 1.82) is 0 Å². The Morgan fingerprint density at radius 1 is 1.17 bits per heavy atom. The minimum atomic E-state index is 0.230. The number of nitrogens with zero attached hydrogens (tertiary/aromatic N) is 2. The molecule has 2 rings (SSSR count). The maximum absolute atomic E-state index is 5.90. The Kier molecular flexibility index (Phi) is 4.37. The number of halogens is 1. The molecule has 96 valence electrons. The van der Waals surface area contributed by atoms with Gasteiger partial charge in [0.1, 0.15) is 0 Å². The third-order valence-electron chi connectivity index (χ3n) is 3.15. The molecule has 0 amide bonds. The Hall–Kier alpha value is -1.35. The number of benzene rings is 1. The second kappa shape index (κ2) is 6.01. The highest BCUT2D eigenvalue weighted by Gasteiger charge is 2.10. The molecule has 0 fully saturated rings. The number of para-hydroxylation sites is 1. The zero-order chi connectivity index (χ0) is 13.0. The van der Waals surface area contributed by atoms with Gasteiger partial charge in [0.05, 0.1) is 17.5 Å². The predicted octanol–water partition coefficient (Wildman–Crippen LogP) is 4.10. The van der Waals surface area contributed by atoms with Crippen molar-refractivity contribution in [2.24, 2.45) is 5.92 Å². The van der Waals surface area contributed by atoms with Gasteiger partial charge in [0, 0.05) is 0 Å². The van der Waals surface area contributed by atoms with Crippen LogP contribution in [-0.4, -0.2) is 16.6 Å². The van der Waals surface area contributed by atoms with Crippen molar-refractivity contribution in [3.05, 3.63) is 29.5 Å². The average Bonchev–Trinajstić information content (AvgIpc) is 2.39. The van der Waals surface area contributed by atoms with Gasteiger partial charge >= 0.3 is 0 Å². The lowest BCUT2D eigenvalue weighted by Crippen LogP contribution is -2.11. The topological polar surface area (TPSA) is 35.0 Å². The van der Waals surface area contributed by atoms with Crippen LogP contribution in [0.15, 0.2) is 24.3 Å². The molecule has 0 saturated heterocycles. The molecule has 0 saturated carbocycles. The Labute approximate surface area is 112 Å². The van der Waals surface area contributed by atoms with Gasteiger partial charge in [0.2, 0.25) is 11.2 Å². The molecule has 0 bridgehead atoms. The van der Waals surface area contributed by atoms with Crippen LogP contribution in [0.4, 0.5) is 0 Å². The fraction of sp³-hybridized carbons (Fsp3) is 0.429. The first-order chi connectivity index (χ1) is 8.74. The summed E-state index contributed by atoms with van der Waals surface area (Å²) >= 11 is 5.90. The first kappa shape index (κ1) is 13.1. The van der Waals surface area contributed by atoms with Crippen molar-refractivity contribution < 1.29 is 4.74 Å². The van der Waals surface area contributed by atoms with Gasteiger partial charge in [0.25, 0.3) is 0 Å². The first-order valence-electron chi connectivity index (χ1n) is 6.29. The molecule has 3 nitrogen and oxygen atoms in total. The van der Waals surface area contributed by atoms with E-state index in [2.05, 4.69) is 23.8 Å². The summed E-state index contributed by atoms with van der Waals surface area (Å²) in [6, 6.07) is 7.74. The quantitative estimate of drug-likeness (QED) is 0.763. The molecular weight excluding hydrogens is 248 g/mol. The monoisotopic (exact) mass is 264 g/mol. The van der Waals surface area contributed by atoms with Crippen LogP contribution in [0.1, 0.15) is 26.7 Å². The molecule has 4 heteroatoms. The predicted molar refractivity (Wildman–Crippen MR) is 74.1 cm³/mol. The van der Waals surface area contributed by atoms with Crippen molar-refractivity contribution in [1.82, 2.24) is 9.97 Å². The van der Waals surface area contributed by atoms with Gasteiger partial charge in [0.15, 0.2) is 0 Å². The van der Waals surface area contributed by atoms with Gasteiger partial charge in [-0.25, -0.2) is 4.98 Å². The summed E-state index contributed by atoms with van der Waals surface area (Å²) in [5, 5.41) is 1.14. The second-order valence-corrected chi connectivity index (χ2v) is 4.65. The maximum atomic E-state index is 5.90. The van der Waals surface area contributed by atoms with Crippen molar-refractivity contribution in [3.63, 3.8) is 0 Å². The first-order valence-corrected chi connectivity index (χ1v) is 6.67. The number of ether oxygens (including phenoxy) is 1. The Bertz CT molecular complexity index is 526. The van der Waals surface area contributed by atoms with Crippen molar-refractivity contribution in [2.75, 3.05) is 6.61 Å². The summed E-state index contributed by atoms with van der Waals surface area (Å²) in [5.74, 6) is 1.13. The Balaban J connectivity index is 2.26. The van der Waals surface area contributed by atoms with Gasteiger partial charge in [-0.2, -0.15) is 4.98 Å². The molecule has 0 radical (unpaired) electrons. The molecule has 2 aromatic rings. The molecule has 1 aromatic carbocycles. The molecule has 0 N–H and O–H groups in total. The summed E-state index contributed by atoms with van der Waals surface area (Å²) in [7, 11) is 0. The van der Waals surface area contributed by atoms with E-state index in [1.165, 1.54) is 0 Å². The van der Waals surface area contributed by atoms with Crippen molar-refractivity contribution >= 4 is 22.5 Å². The highest BCUT2D eigenvalue weighted by atomic mass is 35.5. The lowest BCUT2D eigenvalue weighted by molar-refractivity contribution is 0.235. The standard InChI is InChI=1S/C14H17ClN2O/c1-3-10(4-2)9-18-13-11-7-5-6-8-12(11)16-14(15)17-13/h5-8,10H,3-4,9H2,1-2H3. The van der Waals surface area contributed by atoms with E-state index in [1.54, 1.807) is 0 Å². The zero-order valence-electron chi connectivity index (χ0n) is 10.7. The Morgan fingerprint density at radius 2 is 1.89 bits per heavy atom. The number of hydrogen-bond acceptors (Lipinski definition) is 3. The summed E-state index contributed by atoms with van der Waals surface area (Å²) in [4.78, 5) is 8.35. The normalized spacial score (nSPS) is 11.1. The van der Waals surface area contributed by atoms with Gasteiger partial charge in [-0.05, 0) is 29.7 Å². The van der Waals surface area contributed by atoms with Gasteiger partial charge in [-0.1, -0.05) is 38.8 Å². The molecule has 0 unspecified atom stereocenters. The summed E-state index contributed by atoms with van der Waals surface area (Å²) in [6.45, 7) is 5.01. The number of hydrogen-bond donors (Lipinski definition) is 0. The zero-order valence-corrected chi connectivity index (χ0v) is 11.4. The maximum Gasteiger partial charge on any atom is 0.226 e. The minimum Gasteiger partial charge on any atom is -0.477 e. The third-order valence-corrected chi connectivity index (χ3v) is 3.32. The van der Waals surface area contributed by atoms with E-state index in [9.17, 15) is 0 Å². The molecule has 0 aliphatic rings. The van der Waals surface area contributed by atoms with E-state index < -0.39 is 0 Å². The van der Waals surface area contributed by atoms with Gasteiger partial charge in [-0.15, -0.1) is 0 Å². The molecule has 1 aromatic heterocycles. The number of rotatable bonds is 5. The van der Waals surface area contributed by atoms with Crippen molar-refractivity contribution in [2.45, 2.75) is 26.7 Å². The number of fused-ring (bicyclic) bond motifs is 1. The molecule has 1 heterocycles. The molecular formula is C14H17ClN2O. The van der Waals surface area contributed by atoms with Crippen molar-refractivity contribution in [3.8, 4) is 5.88 Å². The van der Waals surface area contributed by atoms with Crippen LogP contribution < -0.4 is 4.74 Å². The smallest absolute Gasteiger partial charge is 0.226 e. The molecule has 0 aliphatic heterocycles. The SMILES string of the molecule is CCC(CC)COc1nc(Cl)nc2ccccc12. The van der Waals surface area contributed by atoms with E-state index >= 15 is 0 Å². The van der Waals surface area contributed by atoms with Gasteiger partial charge < -0.3 is 4.74 Å². The van der Waals surface area contributed by atoms with E-state index in [4.69, 9.17) is 16.3 Å². The van der Waals surface area contributed by atoms with Crippen LogP contribution >= 0.6 is 11.6 Å². The fourth-order valence-electron chi connectivity index (χ4n) is 1.85. The summed E-state index contributed by atoms with van der Waals surface area (Å²) < 4.78 is 5.81. The summed E-state index contributed by atoms with van der Waals surface area (Å²) in [5.41, 5.74) is 0.817. The molecule has 0 atom stereocenters. The van der Waals surface area contributed by atoms with Crippen LogP contribution in [0.3, 0.4) is 0 Å².